The highest BCUT2D eigenvalue weighted by molar-refractivity contribution is 7.10. The van der Waals surface area contributed by atoms with Crippen LogP contribution in [0.2, 0.25) is 0 Å². The number of nitrogens with one attached hydrogen (secondary N) is 1. The lowest BCUT2D eigenvalue weighted by Crippen LogP contribution is -2.15. The van der Waals surface area contributed by atoms with Crippen LogP contribution in [0.5, 0.6) is 0 Å². The SMILES string of the molecule is Cc1cc(C)cc(NC(c2cccs2)c2nccn2C)c1. The van der Waals surface area contributed by atoms with Crippen molar-refractivity contribution in [1.82, 2.24) is 9.55 Å². The Morgan fingerprint density at radius 1 is 1.19 bits per heavy atom. The largest absolute Gasteiger partial charge is 0.371 e. The molecule has 0 spiro atoms. The topological polar surface area (TPSA) is 29.9 Å². The van der Waals surface area contributed by atoms with Gasteiger partial charge in [-0.25, -0.2) is 4.98 Å². The van der Waals surface area contributed by atoms with Gasteiger partial charge in [0.2, 0.25) is 0 Å². The van der Waals surface area contributed by atoms with E-state index >= 15 is 0 Å². The van der Waals surface area contributed by atoms with Crippen LogP contribution in [0.3, 0.4) is 0 Å². The van der Waals surface area contributed by atoms with E-state index < -0.39 is 0 Å². The van der Waals surface area contributed by atoms with Gasteiger partial charge in [-0.1, -0.05) is 12.1 Å². The molecule has 0 saturated carbocycles. The Morgan fingerprint density at radius 2 is 1.95 bits per heavy atom. The van der Waals surface area contributed by atoms with E-state index in [1.54, 1.807) is 11.3 Å². The molecule has 0 amide bonds. The molecule has 0 aliphatic rings. The Bertz CT molecular complexity index is 708. The molecule has 1 unspecified atom stereocenters. The molecule has 1 aromatic carbocycles. The van der Waals surface area contributed by atoms with Gasteiger partial charge >= 0.3 is 0 Å². The van der Waals surface area contributed by atoms with Crippen molar-refractivity contribution in [3.63, 3.8) is 0 Å². The molecule has 0 fully saturated rings. The Kier molecular flexibility index (Phi) is 3.80. The molecular formula is C17H19N3S. The lowest BCUT2D eigenvalue weighted by atomic mass is 10.1. The molecule has 4 heteroatoms. The molecule has 0 saturated heterocycles. The van der Waals surface area contributed by atoms with Gasteiger partial charge in [-0.05, 0) is 48.6 Å². The third-order valence-corrected chi connectivity index (χ3v) is 4.41. The van der Waals surface area contributed by atoms with Crippen molar-refractivity contribution in [3.8, 4) is 0 Å². The van der Waals surface area contributed by atoms with Crippen molar-refractivity contribution in [1.29, 1.82) is 0 Å². The predicted molar refractivity (Wildman–Crippen MR) is 88.9 cm³/mol. The highest BCUT2D eigenvalue weighted by Gasteiger charge is 2.19. The second-order valence-electron chi connectivity index (χ2n) is 5.37. The van der Waals surface area contributed by atoms with Gasteiger partial charge in [0.1, 0.15) is 11.9 Å². The molecule has 3 aromatic rings. The van der Waals surface area contributed by atoms with Gasteiger partial charge in [0, 0.05) is 30.0 Å². The summed E-state index contributed by atoms with van der Waals surface area (Å²) in [5, 5.41) is 5.74. The van der Waals surface area contributed by atoms with Crippen molar-refractivity contribution in [2.24, 2.45) is 7.05 Å². The molecule has 3 nitrogen and oxygen atoms in total. The van der Waals surface area contributed by atoms with E-state index in [4.69, 9.17) is 0 Å². The Hall–Kier alpha value is -2.07. The number of imidazole rings is 1. The molecule has 2 aromatic heterocycles. The number of anilines is 1. The first-order chi connectivity index (χ1) is 10.1. The van der Waals surface area contributed by atoms with Crippen LogP contribution in [0, 0.1) is 13.8 Å². The fourth-order valence-electron chi connectivity index (χ4n) is 2.60. The number of nitrogens with zero attached hydrogens (tertiary/aromatic N) is 2. The molecule has 1 atom stereocenters. The average Bonchev–Trinajstić information content (AvgIpc) is 3.06. The van der Waals surface area contributed by atoms with Gasteiger partial charge in [0.25, 0.3) is 0 Å². The summed E-state index contributed by atoms with van der Waals surface area (Å²) in [6.45, 7) is 4.25. The summed E-state index contributed by atoms with van der Waals surface area (Å²) >= 11 is 1.75. The second kappa shape index (κ2) is 5.74. The molecule has 3 rings (SSSR count). The third kappa shape index (κ3) is 3.00. The highest BCUT2D eigenvalue weighted by atomic mass is 32.1. The Balaban J connectivity index is 1.99. The number of aromatic nitrogens is 2. The number of benzene rings is 1. The molecule has 108 valence electrons. The smallest absolute Gasteiger partial charge is 0.136 e. The maximum atomic E-state index is 4.52. The quantitative estimate of drug-likeness (QED) is 0.778. The average molecular weight is 297 g/mol. The number of rotatable bonds is 4. The molecule has 0 aliphatic heterocycles. The fourth-order valence-corrected chi connectivity index (χ4v) is 3.37. The van der Waals surface area contributed by atoms with Crippen molar-refractivity contribution in [2.75, 3.05) is 5.32 Å². The van der Waals surface area contributed by atoms with Crippen molar-refractivity contribution < 1.29 is 0 Å². The van der Waals surface area contributed by atoms with Gasteiger partial charge < -0.3 is 9.88 Å². The summed E-state index contributed by atoms with van der Waals surface area (Å²) in [5.74, 6) is 1.02. The van der Waals surface area contributed by atoms with E-state index in [1.807, 2.05) is 19.4 Å². The highest BCUT2D eigenvalue weighted by Crippen LogP contribution is 2.29. The fraction of sp³-hybridized carbons (Fsp3) is 0.235. The van der Waals surface area contributed by atoms with Gasteiger partial charge in [0.15, 0.2) is 0 Å². The number of thiophene rings is 1. The number of hydrogen-bond acceptors (Lipinski definition) is 3. The van der Waals surface area contributed by atoms with Crippen molar-refractivity contribution in [2.45, 2.75) is 19.9 Å². The van der Waals surface area contributed by atoms with Gasteiger partial charge in [0.05, 0.1) is 0 Å². The first-order valence-corrected chi connectivity index (χ1v) is 7.87. The van der Waals surface area contributed by atoms with Crippen LogP contribution < -0.4 is 5.32 Å². The predicted octanol–water partition coefficient (Wildman–Crippen LogP) is 4.30. The van der Waals surface area contributed by atoms with Crippen LogP contribution in [0.4, 0.5) is 5.69 Å². The van der Waals surface area contributed by atoms with Crippen molar-refractivity contribution >= 4 is 17.0 Å². The van der Waals surface area contributed by atoms with Gasteiger partial charge in [-0.3, -0.25) is 0 Å². The summed E-state index contributed by atoms with van der Waals surface area (Å²) in [7, 11) is 2.03. The minimum atomic E-state index is 0.0752. The molecular weight excluding hydrogens is 278 g/mol. The summed E-state index contributed by atoms with van der Waals surface area (Å²) in [6.07, 6.45) is 3.83. The maximum absolute atomic E-state index is 4.52. The van der Waals surface area contributed by atoms with Crippen LogP contribution in [-0.2, 0) is 7.05 Å². The lowest BCUT2D eigenvalue weighted by Gasteiger charge is -2.19. The van der Waals surface area contributed by atoms with Crippen LogP contribution in [0.15, 0.2) is 48.1 Å². The first-order valence-electron chi connectivity index (χ1n) is 6.99. The molecule has 0 aliphatic carbocycles. The van der Waals surface area contributed by atoms with E-state index in [9.17, 15) is 0 Å². The van der Waals surface area contributed by atoms with Gasteiger partial charge in [-0.2, -0.15) is 0 Å². The summed E-state index contributed by atoms with van der Waals surface area (Å²) in [4.78, 5) is 5.79. The molecule has 0 radical (unpaired) electrons. The van der Waals surface area contributed by atoms with E-state index in [2.05, 4.69) is 64.4 Å². The van der Waals surface area contributed by atoms with E-state index in [-0.39, 0.29) is 6.04 Å². The zero-order valence-corrected chi connectivity index (χ0v) is 13.3. The van der Waals surface area contributed by atoms with Crippen molar-refractivity contribution in [3.05, 3.63) is 69.9 Å². The third-order valence-electron chi connectivity index (χ3n) is 3.48. The Morgan fingerprint density at radius 3 is 2.52 bits per heavy atom. The molecule has 2 heterocycles. The Labute approximate surface area is 129 Å². The minimum Gasteiger partial charge on any atom is -0.371 e. The zero-order valence-electron chi connectivity index (χ0n) is 12.5. The first kappa shape index (κ1) is 13.9. The summed E-state index contributed by atoms with van der Waals surface area (Å²) < 4.78 is 2.07. The zero-order chi connectivity index (χ0) is 14.8. The normalized spacial score (nSPS) is 12.3. The second-order valence-corrected chi connectivity index (χ2v) is 6.34. The summed E-state index contributed by atoms with van der Waals surface area (Å²) in [6, 6.07) is 10.9. The molecule has 1 N–H and O–H groups in total. The minimum absolute atomic E-state index is 0.0752. The molecule has 21 heavy (non-hydrogen) atoms. The van der Waals surface area contributed by atoms with Crippen LogP contribution >= 0.6 is 11.3 Å². The van der Waals surface area contributed by atoms with E-state index in [1.165, 1.54) is 16.0 Å². The summed E-state index contributed by atoms with van der Waals surface area (Å²) in [5.41, 5.74) is 3.67. The maximum Gasteiger partial charge on any atom is 0.136 e. The monoisotopic (exact) mass is 297 g/mol. The molecule has 0 bridgehead atoms. The van der Waals surface area contributed by atoms with Crippen LogP contribution in [-0.4, -0.2) is 9.55 Å². The van der Waals surface area contributed by atoms with E-state index in [0.717, 1.165) is 11.5 Å². The standard InChI is InChI=1S/C17H19N3S/c1-12-9-13(2)11-14(10-12)19-16(15-5-4-8-21-15)17-18-6-7-20(17)3/h4-11,16,19H,1-3H3. The number of hydrogen-bond donors (Lipinski definition) is 1. The van der Waals surface area contributed by atoms with Gasteiger partial charge in [-0.15, -0.1) is 11.3 Å². The number of aryl methyl sites for hydroxylation is 3. The van der Waals surface area contributed by atoms with Crippen LogP contribution in [0.1, 0.15) is 27.9 Å². The lowest BCUT2D eigenvalue weighted by molar-refractivity contribution is 0.756. The van der Waals surface area contributed by atoms with E-state index in [0.29, 0.717) is 0 Å². The van der Waals surface area contributed by atoms with Crippen LogP contribution in [0.25, 0.3) is 0 Å².